The molecule has 0 aromatic heterocycles. The molecule has 3 aliphatic heterocycles. The Morgan fingerprint density at radius 1 is 1.12 bits per heavy atom. The molecule has 4 unspecified atom stereocenters. The Morgan fingerprint density at radius 2 is 1.88 bits per heavy atom. The summed E-state index contributed by atoms with van der Waals surface area (Å²) in [6.07, 6.45) is 6.25. The van der Waals surface area contributed by atoms with E-state index in [2.05, 4.69) is 64.4 Å². The Bertz CT molecular complexity index is 909. The van der Waals surface area contributed by atoms with Gasteiger partial charge in [0.2, 0.25) is 11.8 Å². The summed E-state index contributed by atoms with van der Waals surface area (Å²) >= 11 is 1.60. The van der Waals surface area contributed by atoms with Crippen molar-refractivity contribution in [3.05, 3.63) is 40.8 Å². The van der Waals surface area contributed by atoms with E-state index in [1.54, 1.807) is 11.8 Å². The van der Waals surface area contributed by atoms with Crippen LogP contribution in [0, 0.1) is 18.8 Å². The van der Waals surface area contributed by atoms with E-state index in [1.807, 2.05) is 0 Å². The first-order valence-corrected chi connectivity index (χ1v) is 13.5. The van der Waals surface area contributed by atoms with E-state index in [0.717, 1.165) is 38.1 Å². The van der Waals surface area contributed by atoms with Crippen molar-refractivity contribution in [2.24, 2.45) is 11.8 Å². The van der Waals surface area contributed by atoms with Gasteiger partial charge in [0.15, 0.2) is 0 Å². The lowest BCUT2D eigenvalue weighted by Crippen LogP contribution is -2.69. The molecule has 178 valence electrons. The zero-order valence-corrected chi connectivity index (χ0v) is 20.5. The Labute approximate surface area is 201 Å². The van der Waals surface area contributed by atoms with Gasteiger partial charge in [-0.25, -0.2) is 0 Å². The number of amides is 2. The fourth-order valence-corrected chi connectivity index (χ4v) is 6.80. The van der Waals surface area contributed by atoms with Gasteiger partial charge in [-0.1, -0.05) is 36.8 Å². The highest BCUT2D eigenvalue weighted by atomic mass is 32.2. The second-order valence-corrected chi connectivity index (χ2v) is 11.4. The molecule has 5 rings (SSSR count). The van der Waals surface area contributed by atoms with Crippen LogP contribution in [0.15, 0.2) is 29.7 Å². The quantitative estimate of drug-likeness (QED) is 0.633. The van der Waals surface area contributed by atoms with Crippen LogP contribution >= 0.6 is 11.8 Å². The monoisotopic (exact) mass is 468 g/mol. The van der Waals surface area contributed by atoms with Gasteiger partial charge in [-0.2, -0.15) is 0 Å². The molecule has 1 saturated carbocycles. The van der Waals surface area contributed by atoms with Gasteiger partial charge in [0.1, 0.15) is 11.5 Å². The summed E-state index contributed by atoms with van der Waals surface area (Å²) in [5, 5.41) is 12.2. The van der Waals surface area contributed by atoms with Gasteiger partial charge in [-0.15, -0.1) is 11.8 Å². The average Bonchev–Trinajstić information content (AvgIpc) is 3.26. The van der Waals surface area contributed by atoms with Crippen molar-refractivity contribution >= 4 is 29.1 Å². The molecular weight excluding hydrogens is 432 g/mol. The van der Waals surface area contributed by atoms with Crippen molar-refractivity contribution in [3.63, 3.8) is 0 Å². The molecule has 33 heavy (non-hydrogen) atoms. The highest BCUT2D eigenvalue weighted by molar-refractivity contribution is 8.04. The number of rotatable bonds is 4. The SMILES string of the molecule is Cc1ccc(C2=CSC3C(=O)NC(N4CCCC(C(=O)NC5CCC(C)CC5)C4)NC23)cc1. The minimum Gasteiger partial charge on any atom is -0.353 e. The van der Waals surface area contributed by atoms with Crippen LogP contribution in [0.2, 0.25) is 0 Å². The number of hydrogen-bond acceptors (Lipinski definition) is 5. The molecule has 1 aliphatic carbocycles. The van der Waals surface area contributed by atoms with Gasteiger partial charge in [0.05, 0.1) is 12.0 Å². The number of piperidine rings is 1. The number of fused-ring (bicyclic) bond motifs is 1. The molecular formula is C26H36N4O2S. The minimum absolute atomic E-state index is 0.0143. The molecule has 4 aliphatic rings. The number of benzene rings is 1. The van der Waals surface area contributed by atoms with Crippen LogP contribution in [-0.2, 0) is 9.59 Å². The highest BCUT2D eigenvalue weighted by Crippen LogP contribution is 2.39. The third kappa shape index (κ3) is 5.00. The Kier molecular flexibility index (Phi) is 6.81. The zero-order chi connectivity index (χ0) is 22.9. The number of aryl methyl sites for hydroxylation is 1. The van der Waals surface area contributed by atoms with Crippen LogP contribution in [0.5, 0.6) is 0 Å². The number of carbonyl (C=O) groups excluding carboxylic acids is 2. The van der Waals surface area contributed by atoms with E-state index >= 15 is 0 Å². The van der Waals surface area contributed by atoms with Crippen molar-refractivity contribution in [3.8, 4) is 0 Å². The lowest BCUT2D eigenvalue weighted by atomic mass is 9.87. The Hall–Kier alpha value is -1.83. The first kappa shape index (κ1) is 22.9. The van der Waals surface area contributed by atoms with Crippen molar-refractivity contribution in [1.82, 2.24) is 20.9 Å². The molecule has 4 atom stereocenters. The molecule has 0 bridgehead atoms. The standard InChI is InChI=1S/C26H36N4O2S/c1-16-5-9-18(10-6-16)21-15-33-23-22(21)28-26(29-25(23)32)30-13-3-4-19(14-30)24(31)27-20-11-7-17(2)8-12-20/h5-6,9-10,15,17,19-20,22-23,26,28H,3-4,7-8,11-14H2,1-2H3,(H,27,31)(H,29,32). The summed E-state index contributed by atoms with van der Waals surface area (Å²) in [5.41, 5.74) is 3.58. The van der Waals surface area contributed by atoms with Crippen LogP contribution in [0.3, 0.4) is 0 Å². The average molecular weight is 469 g/mol. The summed E-state index contributed by atoms with van der Waals surface area (Å²) in [5.74, 6) is 1.03. The van der Waals surface area contributed by atoms with E-state index in [1.165, 1.54) is 29.5 Å². The topological polar surface area (TPSA) is 73.5 Å². The summed E-state index contributed by atoms with van der Waals surface area (Å²) < 4.78 is 0. The van der Waals surface area contributed by atoms with E-state index in [-0.39, 0.29) is 35.3 Å². The molecule has 0 spiro atoms. The number of likely N-dealkylation sites (tertiary alicyclic amines) is 1. The van der Waals surface area contributed by atoms with Crippen molar-refractivity contribution in [1.29, 1.82) is 0 Å². The Morgan fingerprint density at radius 3 is 2.64 bits per heavy atom. The number of nitrogens with one attached hydrogen (secondary N) is 3. The number of nitrogens with zero attached hydrogens (tertiary/aromatic N) is 1. The van der Waals surface area contributed by atoms with Crippen LogP contribution in [0.1, 0.15) is 56.6 Å². The van der Waals surface area contributed by atoms with Gasteiger partial charge in [0, 0.05) is 19.1 Å². The summed E-state index contributed by atoms with van der Waals surface area (Å²) in [7, 11) is 0. The second-order valence-electron chi connectivity index (χ2n) is 10.4. The van der Waals surface area contributed by atoms with Crippen LogP contribution in [0.25, 0.3) is 5.57 Å². The number of carbonyl (C=O) groups is 2. The fourth-order valence-electron chi connectivity index (χ4n) is 5.65. The fraction of sp³-hybridized carbons (Fsp3) is 0.615. The van der Waals surface area contributed by atoms with Gasteiger partial charge in [0.25, 0.3) is 0 Å². The van der Waals surface area contributed by atoms with Crippen LogP contribution in [0.4, 0.5) is 0 Å². The van der Waals surface area contributed by atoms with Crippen LogP contribution in [-0.4, -0.2) is 53.4 Å². The molecule has 2 saturated heterocycles. The number of thioether (sulfide) groups is 1. The van der Waals surface area contributed by atoms with E-state index < -0.39 is 0 Å². The van der Waals surface area contributed by atoms with Crippen LogP contribution < -0.4 is 16.0 Å². The Balaban J connectivity index is 1.22. The maximum atomic E-state index is 13.0. The lowest BCUT2D eigenvalue weighted by molar-refractivity contribution is -0.129. The molecule has 1 aromatic rings. The van der Waals surface area contributed by atoms with Crippen molar-refractivity contribution in [2.45, 2.75) is 76.0 Å². The molecule has 3 heterocycles. The minimum atomic E-state index is -0.238. The van der Waals surface area contributed by atoms with Crippen molar-refractivity contribution in [2.75, 3.05) is 13.1 Å². The first-order chi connectivity index (χ1) is 16.0. The molecule has 0 radical (unpaired) electrons. The third-order valence-electron chi connectivity index (χ3n) is 7.79. The maximum Gasteiger partial charge on any atom is 0.237 e. The van der Waals surface area contributed by atoms with Gasteiger partial charge < -0.3 is 10.6 Å². The normalized spacial score (nSPS) is 34.8. The predicted molar refractivity (Wildman–Crippen MR) is 133 cm³/mol. The maximum absolute atomic E-state index is 13.0. The number of hydrogen-bond donors (Lipinski definition) is 3. The van der Waals surface area contributed by atoms with Gasteiger partial charge >= 0.3 is 0 Å². The van der Waals surface area contributed by atoms with E-state index in [9.17, 15) is 9.59 Å². The third-order valence-corrected chi connectivity index (χ3v) is 8.96. The molecule has 3 N–H and O–H groups in total. The smallest absolute Gasteiger partial charge is 0.237 e. The van der Waals surface area contributed by atoms with Crippen molar-refractivity contribution < 1.29 is 9.59 Å². The molecule has 6 nitrogen and oxygen atoms in total. The second kappa shape index (κ2) is 9.80. The van der Waals surface area contributed by atoms with E-state index in [4.69, 9.17) is 0 Å². The molecule has 2 amide bonds. The predicted octanol–water partition coefficient (Wildman–Crippen LogP) is 3.23. The summed E-state index contributed by atoms with van der Waals surface area (Å²) in [6, 6.07) is 8.83. The highest BCUT2D eigenvalue weighted by Gasteiger charge is 2.44. The molecule has 1 aromatic carbocycles. The summed E-state index contributed by atoms with van der Waals surface area (Å²) in [6.45, 7) is 5.96. The van der Waals surface area contributed by atoms with Gasteiger partial charge in [-0.3, -0.25) is 19.8 Å². The van der Waals surface area contributed by atoms with E-state index in [0.29, 0.717) is 12.6 Å². The lowest BCUT2D eigenvalue weighted by Gasteiger charge is -2.43. The largest absolute Gasteiger partial charge is 0.353 e. The molecule has 7 heteroatoms. The first-order valence-electron chi connectivity index (χ1n) is 12.5. The van der Waals surface area contributed by atoms with Gasteiger partial charge in [-0.05, 0) is 67.9 Å². The zero-order valence-electron chi connectivity index (χ0n) is 19.7. The summed E-state index contributed by atoms with van der Waals surface area (Å²) in [4.78, 5) is 28.2. The molecule has 3 fully saturated rings.